The van der Waals surface area contributed by atoms with Crippen molar-refractivity contribution in [1.29, 1.82) is 0 Å². The van der Waals surface area contributed by atoms with Crippen LogP contribution in [-0.2, 0) is 11.2 Å². The van der Waals surface area contributed by atoms with Gasteiger partial charge in [0.15, 0.2) is 5.84 Å². The molecule has 0 spiro atoms. The Bertz CT molecular complexity index is 408. The van der Waals surface area contributed by atoms with Crippen LogP contribution >= 0.6 is 0 Å². The van der Waals surface area contributed by atoms with Gasteiger partial charge in [-0.25, -0.2) is 0 Å². The molecule has 104 valence electrons. The molecule has 1 saturated heterocycles. The van der Waals surface area contributed by atoms with E-state index < -0.39 is 0 Å². The summed E-state index contributed by atoms with van der Waals surface area (Å²) in [6.45, 7) is 3.24. The zero-order valence-corrected chi connectivity index (χ0v) is 11.0. The van der Waals surface area contributed by atoms with Gasteiger partial charge in [0.25, 0.3) is 0 Å². The number of aryl methyl sites for hydroxylation is 1. The minimum absolute atomic E-state index is 0.160. The molecular formula is C14H21N3O2. The highest BCUT2D eigenvalue weighted by Crippen LogP contribution is 2.08. The van der Waals surface area contributed by atoms with Gasteiger partial charge in [-0.05, 0) is 24.9 Å². The summed E-state index contributed by atoms with van der Waals surface area (Å²) in [6, 6.07) is 10.5. The Hall–Kier alpha value is -1.59. The second kappa shape index (κ2) is 7.11. The number of rotatable bonds is 5. The molecule has 0 saturated carbocycles. The lowest BCUT2D eigenvalue weighted by molar-refractivity contribution is 0.00440. The van der Waals surface area contributed by atoms with Crippen LogP contribution < -0.4 is 5.73 Å². The number of hydrogen-bond donors (Lipinski definition) is 2. The van der Waals surface area contributed by atoms with Crippen LogP contribution in [0.25, 0.3) is 0 Å². The van der Waals surface area contributed by atoms with Gasteiger partial charge < -0.3 is 15.7 Å². The van der Waals surface area contributed by atoms with Gasteiger partial charge in [-0.3, -0.25) is 4.90 Å². The summed E-state index contributed by atoms with van der Waals surface area (Å²) < 4.78 is 5.47. The van der Waals surface area contributed by atoms with Gasteiger partial charge in [0.2, 0.25) is 0 Å². The van der Waals surface area contributed by atoms with Gasteiger partial charge in [-0.15, -0.1) is 0 Å². The molecular weight excluding hydrogens is 242 g/mol. The van der Waals surface area contributed by atoms with Crippen LogP contribution in [0, 0.1) is 0 Å². The molecule has 0 aromatic heterocycles. The highest BCUT2D eigenvalue weighted by molar-refractivity contribution is 5.84. The first-order chi connectivity index (χ1) is 9.29. The lowest BCUT2D eigenvalue weighted by Crippen LogP contribution is -2.48. The predicted octanol–water partition coefficient (Wildman–Crippen LogP) is 1.07. The fraction of sp³-hybridized carbons (Fsp3) is 0.500. The molecule has 19 heavy (non-hydrogen) atoms. The van der Waals surface area contributed by atoms with Crippen molar-refractivity contribution in [1.82, 2.24) is 4.90 Å². The lowest BCUT2D eigenvalue weighted by atomic mass is 10.1. The van der Waals surface area contributed by atoms with E-state index in [9.17, 15) is 0 Å². The second-order valence-electron chi connectivity index (χ2n) is 4.77. The van der Waals surface area contributed by atoms with E-state index in [-0.39, 0.29) is 11.9 Å². The van der Waals surface area contributed by atoms with Crippen LogP contribution in [0.1, 0.15) is 12.0 Å². The average molecular weight is 263 g/mol. The van der Waals surface area contributed by atoms with E-state index in [4.69, 9.17) is 15.7 Å². The maximum Gasteiger partial charge on any atom is 0.169 e. The van der Waals surface area contributed by atoms with Gasteiger partial charge in [0.1, 0.15) is 6.10 Å². The molecule has 1 aliphatic heterocycles. The molecule has 1 aromatic carbocycles. The summed E-state index contributed by atoms with van der Waals surface area (Å²) in [4.78, 5) is 2.30. The van der Waals surface area contributed by atoms with Crippen molar-refractivity contribution in [2.75, 3.05) is 26.2 Å². The monoisotopic (exact) mass is 263 g/mol. The number of morpholine rings is 1. The Labute approximate surface area is 113 Å². The fourth-order valence-corrected chi connectivity index (χ4v) is 2.30. The third-order valence-corrected chi connectivity index (χ3v) is 3.38. The zero-order valence-electron chi connectivity index (χ0n) is 11.0. The molecule has 1 aromatic rings. The largest absolute Gasteiger partial charge is 0.409 e. The standard InChI is InChI=1S/C14H21N3O2/c15-14(16-18)13-11-17(9-10-19-13)8-4-7-12-5-2-1-3-6-12/h1-3,5-6,13,18H,4,7-11H2,(H2,15,16). The van der Waals surface area contributed by atoms with Gasteiger partial charge in [-0.2, -0.15) is 0 Å². The third kappa shape index (κ3) is 4.22. The van der Waals surface area contributed by atoms with E-state index in [0.29, 0.717) is 13.2 Å². The second-order valence-corrected chi connectivity index (χ2v) is 4.77. The molecule has 2 rings (SSSR count). The minimum atomic E-state index is -0.282. The van der Waals surface area contributed by atoms with Crippen molar-refractivity contribution in [3.63, 3.8) is 0 Å². The van der Waals surface area contributed by atoms with Crippen molar-refractivity contribution in [2.45, 2.75) is 18.9 Å². The molecule has 0 aliphatic carbocycles. The molecule has 1 unspecified atom stereocenters. The number of amidine groups is 1. The maximum absolute atomic E-state index is 8.66. The smallest absolute Gasteiger partial charge is 0.169 e. The van der Waals surface area contributed by atoms with Gasteiger partial charge in [-0.1, -0.05) is 35.5 Å². The van der Waals surface area contributed by atoms with E-state index >= 15 is 0 Å². The zero-order chi connectivity index (χ0) is 13.5. The van der Waals surface area contributed by atoms with E-state index in [2.05, 4.69) is 34.3 Å². The number of nitrogens with zero attached hydrogens (tertiary/aromatic N) is 2. The summed E-state index contributed by atoms with van der Waals surface area (Å²) in [6.07, 6.45) is 1.90. The van der Waals surface area contributed by atoms with Gasteiger partial charge >= 0.3 is 0 Å². The van der Waals surface area contributed by atoms with Crippen molar-refractivity contribution in [3.05, 3.63) is 35.9 Å². The highest BCUT2D eigenvalue weighted by Gasteiger charge is 2.23. The maximum atomic E-state index is 8.66. The minimum Gasteiger partial charge on any atom is -0.409 e. The third-order valence-electron chi connectivity index (χ3n) is 3.38. The van der Waals surface area contributed by atoms with E-state index in [1.807, 2.05) is 6.07 Å². The highest BCUT2D eigenvalue weighted by atomic mass is 16.5. The Morgan fingerprint density at radius 2 is 2.21 bits per heavy atom. The molecule has 5 heteroatoms. The van der Waals surface area contributed by atoms with Crippen LogP contribution in [0.4, 0.5) is 0 Å². The molecule has 1 fully saturated rings. The van der Waals surface area contributed by atoms with Crippen LogP contribution in [-0.4, -0.2) is 48.3 Å². The quantitative estimate of drug-likeness (QED) is 0.361. The molecule has 1 heterocycles. The number of benzene rings is 1. The predicted molar refractivity (Wildman–Crippen MR) is 74.4 cm³/mol. The van der Waals surface area contributed by atoms with E-state index in [0.717, 1.165) is 25.9 Å². The SMILES string of the molecule is NC(=NO)C1CN(CCCc2ccccc2)CCO1. The number of nitrogens with two attached hydrogens (primary N) is 1. The van der Waals surface area contributed by atoms with Gasteiger partial charge in [0.05, 0.1) is 6.61 Å². The fourth-order valence-electron chi connectivity index (χ4n) is 2.30. The molecule has 1 atom stereocenters. The summed E-state index contributed by atoms with van der Waals surface area (Å²) >= 11 is 0. The summed E-state index contributed by atoms with van der Waals surface area (Å²) in [5.41, 5.74) is 6.94. The number of hydrogen-bond acceptors (Lipinski definition) is 4. The average Bonchev–Trinajstić information content (AvgIpc) is 2.48. The molecule has 1 aliphatic rings. The molecule has 5 nitrogen and oxygen atoms in total. The van der Waals surface area contributed by atoms with E-state index in [1.165, 1.54) is 5.56 Å². The summed E-state index contributed by atoms with van der Waals surface area (Å²) in [5.74, 6) is 0.160. The van der Waals surface area contributed by atoms with E-state index in [1.54, 1.807) is 0 Å². The van der Waals surface area contributed by atoms with Crippen molar-refractivity contribution >= 4 is 5.84 Å². The Balaban J connectivity index is 1.74. The van der Waals surface area contributed by atoms with Crippen LogP contribution in [0.15, 0.2) is 35.5 Å². The van der Waals surface area contributed by atoms with Crippen LogP contribution in [0.2, 0.25) is 0 Å². The number of oxime groups is 1. The van der Waals surface area contributed by atoms with Crippen molar-refractivity contribution < 1.29 is 9.94 Å². The van der Waals surface area contributed by atoms with Crippen LogP contribution in [0.5, 0.6) is 0 Å². The topological polar surface area (TPSA) is 71.1 Å². The van der Waals surface area contributed by atoms with Crippen molar-refractivity contribution in [3.8, 4) is 0 Å². The Morgan fingerprint density at radius 3 is 2.95 bits per heavy atom. The lowest BCUT2D eigenvalue weighted by Gasteiger charge is -2.32. The Kier molecular flexibility index (Phi) is 5.18. The van der Waals surface area contributed by atoms with Crippen LogP contribution in [0.3, 0.4) is 0 Å². The summed E-state index contributed by atoms with van der Waals surface area (Å²) in [7, 11) is 0. The van der Waals surface area contributed by atoms with Crippen molar-refractivity contribution in [2.24, 2.45) is 10.9 Å². The molecule has 0 amide bonds. The first-order valence-electron chi connectivity index (χ1n) is 6.65. The first kappa shape index (κ1) is 13.8. The number of ether oxygens (including phenoxy) is 1. The molecule has 0 radical (unpaired) electrons. The van der Waals surface area contributed by atoms with Gasteiger partial charge in [0, 0.05) is 13.1 Å². The molecule has 3 N–H and O–H groups in total. The summed E-state index contributed by atoms with van der Waals surface area (Å²) in [5, 5.41) is 11.7. The Morgan fingerprint density at radius 1 is 1.42 bits per heavy atom. The first-order valence-corrected chi connectivity index (χ1v) is 6.65. The normalized spacial score (nSPS) is 21.5. The molecule has 0 bridgehead atoms.